The summed E-state index contributed by atoms with van der Waals surface area (Å²) in [6.45, 7) is 3.82. The average molecular weight is 239 g/mol. The van der Waals surface area contributed by atoms with Gasteiger partial charge in [-0.1, -0.05) is 0 Å². The summed E-state index contributed by atoms with van der Waals surface area (Å²) in [7, 11) is 0. The molecule has 4 atom stereocenters. The molecule has 0 aromatic rings. The second-order valence-electron chi connectivity index (χ2n) is 4.14. The smallest absolute Gasteiger partial charge is 0.163 e. The highest BCUT2D eigenvalue weighted by atomic mass is 35.5. The Balaban J connectivity index is 2.04. The van der Waals surface area contributed by atoms with Gasteiger partial charge in [-0.05, 0) is 13.8 Å². The molecule has 0 saturated carbocycles. The summed E-state index contributed by atoms with van der Waals surface area (Å²) in [6, 6.07) is 0. The topological polar surface area (TPSA) is 38.7 Å². The summed E-state index contributed by atoms with van der Waals surface area (Å²) >= 11 is 7.75. The lowest BCUT2D eigenvalue weighted by Gasteiger charge is -2.23. The average Bonchev–Trinajstić information content (AvgIpc) is 2.58. The number of aliphatic hydroxyl groups excluding tert-OH is 1. The third-order valence-corrected chi connectivity index (χ3v) is 4.59. The Kier molecular flexibility index (Phi) is 3.02. The fourth-order valence-corrected chi connectivity index (χ4v) is 3.73. The molecule has 3 unspecified atom stereocenters. The standard InChI is InChI=1S/C9H15ClO3S/c1-9(2)12-6-4-14-8(5(10)3-11)7(6)13-9/h5-8,11H,3-4H2,1-2H3/t5?,6?,7?,8-/m0/s1. The number of ether oxygens (including phenoxy) is 2. The van der Waals surface area contributed by atoms with Crippen LogP contribution in [0.1, 0.15) is 13.8 Å². The van der Waals surface area contributed by atoms with E-state index in [1.807, 2.05) is 13.8 Å². The van der Waals surface area contributed by atoms with Gasteiger partial charge in [-0.15, -0.1) is 11.6 Å². The van der Waals surface area contributed by atoms with Gasteiger partial charge in [-0.3, -0.25) is 0 Å². The molecule has 2 aliphatic rings. The molecule has 2 aliphatic heterocycles. The van der Waals surface area contributed by atoms with Gasteiger partial charge in [0, 0.05) is 5.75 Å². The molecule has 0 amide bonds. The first-order chi connectivity index (χ1) is 6.53. The first-order valence-electron chi connectivity index (χ1n) is 4.75. The molecule has 14 heavy (non-hydrogen) atoms. The van der Waals surface area contributed by atoms with Crippen molar-refractivity contribution in [3.63, 3.8) is 0 Å². The van der Waals surface area contributed by atoms with E-state index in [0.717, 1.165) is 5.75 Å². The lowest BCUT2D eigenvalue weighted by molar-refractivity contribution is -0.145. The molecule has 82 valence electrons. The van der Waals surface area contributed by atoms with E-state index in [0.29, 0.717) is 0 Å². The van der Waals surface area contributed by atoms with Crippen molar-refractivity contribution in [2.24, 2.45) is 0 Å². The SMILES string of the molecule is CC1(C)OC2CS[C@@H](C(Cl)CO)C2O1. The Hall–Kier alpha value is 0.520. The zero-order chi connectivity index (χ0) is 10.3. The predicted octanol–water partition coefficient (Wildman–Crippen LogP) is 1.22. The van der Waals surface area contributed by atoms with Gasteiger partial charge in [0.1, 0.15) is 6.10 Å². The molecule has 2 fully saturated rings. The van der Waals surface area contributed by atoms with Crippen molar-refractivity contribution in [2.75, 3.05) is 12.4 Å². The van der Waals surface area contributed by atoms with Gasteiger partial charge in [-0.25, -0.2) is 0 Å². The molecule has 0 bridgehead atoms. The zero-order valence-electron chi connectivity index (χ0n) is 8.27. The Bertz CT molecular complexity index is 224. The minimum atomic E-state index is -0.499. The lowest BCUT2D eigenvalue weighted by atomic mass is 10.1. The third-order valence-electron chi connectivity index (χ3n) is 2.53. The quantitative estimate of drug-likeness (QED) is 0.735. The maximum absolute atomic E-state index is 9.00. The molecule has 2 rings (SSSR count). The van der Waals surface area contributed by atoms with Crippen LogP contribution in [0.4, 0.5) is 0 Å². The summed E-state index contributed by atoms with van der Waals surface area (Å²) in [4.78, 5) is 0. The van der Waals surface area contributed by atoms with Crippen LogP contribution in [0.5, 0.6) is 0 Å². The molecule has 0 aliphatic carbocycles. The molecule has 2 saturated heterocycles. The van der Waals surface area contributed by atoms with Crippen molar-refractivity contribution in [3.8, 4) is 0 Å². The van der Waals surface area contributed by atoms with Gasteiger partial charge in [0.15, 0.2) is 5.79 Å². The number of halogens is 1. The number of alkyl halides is 1. The van der Waals surface area contributed by atoms with Crippen molar-refractivity contribution in [1.82, 2.24) is 0 Å². The molecule has 2 heterocycles. The zero-order valence-corrected chi connectivity index (χ0v) is 9.85. The van der Waals surface area contributed by atoms with Gasteiger partial charge < -0.3 is 14.6 Å². The molecular weight excluding hydrogens is 224 g/mol. The number of rotatable bonds is 2. The Labute approximate surface area is 93.1 Å². The van der Waals surface area contributed by atoms with E-state index in [4.69, 9.17) is 26.2 Å². The van der Waals surface area contributed by atoms with Crippen LogP contribution in [0, 0.1) is 0 Å². The lowest BCUT2D eigenvalue weighted by Crippen LogP contribution is -2.35. The first-order valence-corrected chi connectivity index (χ1v) is 6.24. The highest BCUT2D eigenvalue weighted by molar-refractivity contribution is 8.00. The molecule has 5 heteroatoms. The van der Waals surface area contributed by atoms with Gasteiger partial charge in [0.05, 0.1) is 23.3 Å². The van der Waals surface area contributed by atoms with Crippen molar-refractivity contribution in [1.29, 1.82) is 0 Å². The van der Waals surface area contributed by atoms with Crippen LogP contribution in [0.25, 0.3) is 0 Å². The van der Waals surface area contributed by atoms with Crippen molar-refractivity contribution in [3.05, 3.63) is 0 Å². The Morgan fingerprint density at radius 2 is 2.29 bits per heavy atom. The second-order valence-corrected chi connectivity index (χ2v) is 5.91. The number of fused-ring (bicyclic) bond motifs is 1. The summed E-state index contributed by atoms with van der Waals surface area (Å²) in [6.07, 6.45) is 0.164. The normalized spacial score (nSPS) is 42.4. The van der Waals surface area contributed by atoms with E-state index in [9.17, 15) is 0 Å². The van der Waals surface area contributed by atoms with Crippen LogP contribution in [0.2, 0.25) is 0 Å². The molecule has 3 nitrogen and oxygen atoms in total. The van der Waals surface area contributed by atoms with E-state index in [1.165, 1.54) is 0 Å². The van der Waals surface area contributed by atoms with Crippen molar-refractivity contribution < 1.29 is 14.6 Å². The first kappa shape index (κ1) is 11.0. The molecule has 0 aromatic carbocycles. The van der Waals surface area contributed by atoms with Crippen molar-refractivity contribution >= 4 is 23.4 Å². The van der Waals surface area contributed by atoms with Gasteiger partial charge in [0.25, 0.3) is 0 Å². The monoisotopic (exact) mass is 238 g/mol. The molecule has 0 spiro atoms. The van der Waals surface area contributed by atoms with E-state index < -0.39 is 5.79 Å². The Morgan fingerprint density at radius 3 is 2.93 bits per heavy atom. The summed E-state index contributed by atoms with van der Waals surface area (Å²) in [5.41, 5.74) is 0. The maximum atomic E-state index is 9.00. The van der Waals surface area contributed by atoms with E-state index in [2.05, 4.69) is 0 Å². The van der Waals surface area contributed by atoms with Gasteiger partial charge in [-0.2, -0.15) is 11.8 Å². The second kappa shape index (κ2) is 3.83. The highest BCUT2D eigenvalue weighted by Crippen LogP contribution is 2.43. The van der Waals surface area contributed by atoms with Crippen LogP contribution in [-0.4, -0.2) is 46.1 Å². The number of thioether (sulfide) groups is 1. The van der Waals surface area contributed by atoms with Crippen molar-refractivity contribution in [2.45, 2.75) is 42.5 Å². The third kappa shape index (κ3) is 1.91. The largest absolute Gasteiger partial charge is 0.395 e. The van der Waals surface area contributed by atoms with Gasteiger partial charge in [0.2, 0.25) is 0 Å². The Morgan fingerprint density at radius 1 is 1.57 bits per heavy atom. The highest BCUT2D eigenvalue weighted by Gasteiger charge is 2.51. The van der Waals surface area contributed by atoms with Gasteiger partial charge >= 0.3 is 0 Å². The molecule has 1 N–H and O–H groups in total. The summed E-state index contributed by atoms with van der Waals surface area (Å²) in [5, 5.41) is 8.91. The minimum Gasteiger partial charge on any atom is -0.395 e. The minimum absolute atomic E-state index is 0.00771. The van der Waals surface area contributed by atoms with E-state index >= 15 is 0 Å². The number of hydrogen-bond acceptors (Lipinski definition) is 4. The van der Waals surface area contributed by atoms with Crippen LogP contribution in [-0.2, 0) is 9.47 Å². The maximum Gasteiger partial charge on any atom is 0.163 e. The molecule has 0 aromatic heterocycles. The number of hydrogen-bond donors (Lipinski definition) is 1. The van der Waals surface area contributed by atoms with Crippen LogP contribution in [0.3, 0.4) is 0 Å². The van der Waals surface area contributed by atoms with E-state index in [-0.39, 0.29) is 29.4 Å². The van der Waals surface area contributed by atoms with Crippen LogP contribution in [0.15, 0.2) is 0 Å². The van der Waals surface area contributed by atoms with Crippen LogP contribution < -0.4 is 0 Å². The molecular formula is C9H15ClO3S. The molecule has 0 radical (unpaired) electrons. The number of aliphatic hydroxyl groups is 1. The fraction of sp³-hybridized carbons (Fsp3) is 1.00. The summed E-state index contributed by atoms with van der Waals surface area (Å²) in [5.74, 6) is 0.405. The van der Waals surface area contributed by atoms with Crippen LogP contribution >= 0.6 is 23.4 Å². The fourth-order valence-electron chi connectivity index (χ4n) is 1.99. The summed E-state index contributed by atoms with van der Waals surface area (Å²) < 4.78 is 11.5. The van der Waals surface area contributed by atoms with E-state index in [1.54, 1.807) is 11.8 Å². The predicted molar refractivity (Wildman–Crippen MR) is 56.8 cm³/mol.